The Hall–Kier alpha value is -8.29. The molecule has 3 N–H and O–H groups in total. The molecule has 0 radical (unpaired) electrons. The lowest BCUT2D eigenvalue weighted by atomic mass is 9.88. The van der Waals surface area contributed by atoms with Crippen molar-refractivity contribution in [2.24, 2.45) is 11.7 Å². The zero-order valence-corrected chi connectivity index (χ0v) is 58.6. The molecular weight excluding hydrogens is 1270 g/mol. The molecule has 4 fully saturated rings. The summed E-state index contributed by atoms with van der Waals surface area (Å²) < 4.78 is 65.0. The molecule has 2 saturated carbocycles. The third kappa shape index (κ3) is 18.6. The van der Waals surface area contributed by atoms with Crippen molar-refractivity contribution in [3.8, 4) is 11.5 Å². The van der Waals surface area contributed by atoms with Crippen LogP contribution in [0.5, 0.6) is 11.5 Å². The number of halogens is 2. The van der Waals surface area contributed by atoms with Crippen LogP contribution in [0.1, 0.15) is 108 Å². The zero-order valence-electron chi connectivity index (χ0n) is 58.6. The second-order valence-electron chi connectivity index (χ2n) is 27.5. The van der Waals surface area contributed by atoms with Crippen LogP contribution in [-0.2, 0) is 51.6 Å². The van der Waals surface area contributed by atoms with Crippen molar-refractivity contribution in [1.29, 1.82) is 0 Å². The number of pyridine rings is 6. The maximum atomic E-state index is 16.4. The SMILES string of the molecule is CNCCOc1cc2c(cc1F)c(=O)c(CN(Cc1ccnc(C)c1)[C@H]1CC(Cc3cc(CN(Cc4cn(C5CC5)c5cc(OCCN(C)C(=O)CCOCCOCCOCCN)c(F)cc5c4=O)[C@H]4CCCN(c5ccc(C)nc5)C4)ccn3)CN(c3ccc(C)nc3)C1)cn2C1CC1. The molecular formula is C77H97F2N13O8. The van der Waals surface area contributed by atoms with E-state index in [9.17, 15) is 9.59 Å². The van der Waals surface area contributed by atoms with E-state index in [1.165, 1.54) is 12.1 Å². The normalized spacial score (nSPS) is 17.3. The van der Waals surface area contributed by atoms with E-state index in [1.54, 1.807) is 24.1 Å². The van der Waals surface area contributed by atoms with E-state index in [2.05, 4.69) is 80.4 Å². The smallest absolute Gasteiger partial charge is 0.224 e. The Morgan fingerprint density at radius 2 is 1.17 bits per heavy atom. The van der Waals surface area contributed by atoms with Gasteiger partial charge in [-0.15, -0.1) is 0 Å². The summed E-state index contributed by atoms with van der Waals surface area (Å²) in [5.74, 6) is -1.05. The quantitative estimate of drug-likeness (QED) is 0.0354. The molecule has 8 heterocycles. The second kappa shape index (κ2) is 33.9. The van der Waals surface area contributed by atoms with Crippen LogP contribution >= 0.6 is 0 Å². The predicted octanol–water partition coefficient (Wildman–Crippen LogP) is 9.41. The molecule has 1 unspecified atom stereocenters. The zero-order chi connectivity index (χ0) is 69.7. The minimum atomic E-state index is -0.642. The molecule has 3 atom stereocenters. The van der Waals surface area contributed by atoms with Crippen LogP contribution in [0.15, 0.2) is 120 Å². The predicted molar refractivity (Wildman–Crippen MR) is 384 cm³/mol. The number of ether oxygens (including phenoxy) is 5. The van der Waals surface area contributed by atoms with Gasteiger partial charge in [-0.2, -0.15) is 0 Å². The van der Waals surface area contributed by atoms with Crippen LogP contribution in [0.3, 0.4) is 0 Å². The Labute approximate surface area is 584 Å². The van der Waals surface area contributed by atoms with Gasteiger partial charge in [0.25, 0.3) is 0 Å². The summed E-state index contributed by atoms with van der Waals surface area (Å²) in [5, 5.41) is 3.70. The topological polar surface area (TPSA) is 213 Å². The number of rotatable bonds is 35. The number of carbonyl (C=O) groups is 1. The molecule has 4 aliphatic rings. The van der Waals surface area contributed by atoms with E-state index in [4.69, 9.17) is 39.4 Å². The molecule has 0 spiro atoms. The van der Waals surface area contributed by atoms with Gasteiger partial charge in [-0.05, 0) is 157 Å². The third-order valence-corrected chi connectivity index (χ3v) is 19.7. The van der Waals surface area contributed by atoms with Crippen molar-refractivity contribution in [3.05, 3.63) is 187 Å². The Morgan fingerprint density at radius 3 is 1.75 bits per heavy atom. The Balaban J connectivity index is 0.797. The molecule has 2 aliphatic carbocycles. The summed E-state index contributed by atoms with van der Waals surface area (Å²) in [7, 11) is 3.50. The molecule has 1 amide bonds. The molecule has 12 rings (SSSR count). The van der Waals surface area contributed by atoms with Gasteiger partial charge >= 0.3 is 0 Å². The lowest BCUT2D eigenvalue weighted by Gasteiger charge is -2.44. The molecule has 0 bridgehead atoms. The number of aromatic nitrogens is 6. The number of aryl methyl sites for hydroxylation is 3. The Kier molecular flexibility index (Phi) is 24.3. The third-order valence-electron chi connectivity index (χ3n) is 19.7. The summed E-state index contributed by atoms with van der Waals surface area (Å²) in [6.45, 7) is 14.7. The van der Waals surface area contributed by atoms with Gasteiger partial charge in [-0.1, -0.05) is 0 Å². The second-order valence-corrected chi connectivity index (χ2v) is 27.5. The number of anilines is 2. The van der Waals surface area contributed by atoms with Gasteiger partial charge in [-0.25, -0.2) is 8.78 Å². The molecule has 23 heteroatoms. The number of benzene rings is 2. The van der Waals surface area contributed by atoms with Gasteiger partial charge in [0.1, 0.15) is 13.2 Å². The highest BCUT2D eigenvalue weighted by molar-refractivity contribution is 5.83. The molecule has 2 aliphatic heterocycles. The molecule has 532 valence electrons. The number of nitrogens with two attached hydrogens (primary N) is 1. The average Bonchev–Trinajstić information content (AvgIpc) is 1.44. The minimum Gasteiger partial charge on any atom is -0.489 e. The van der Waals surface area contributed by atoms with Crippen molar-refractivity contribution in [2.75, 3.05) is 123 Å². The highest BCUT2D eigenvalue weighted by atomic mass is 19.1. The lowest BCUT2D eigenvalue weighted by molar-refractivity contribution is -0.131. The lowest BCUT2D eigenvalue weighted by Crippen LogP contribution is -2.51. The van der Waals surface area contributed by atoms with Gasteiger partial charge in [0, 0.05) is 178 Å². The summed E-state index contributed by atoms with van der Waals surface area (Å²) in [5.41, 5.74) is 15.5. The highest BCUT2D eigenvalue weighted by Gasteiger charge is 2.35. The average molecular weight is 1370 g/mol. The summed E-state index contributed by atoms with van der Waals surface area (Å²) in [6.07, 6.45) is 19.0. The van der Waals surface area contributed by atoms with E-state index < -0.39 is 11.6 Å². The number of nitrogens with zero attached hydrogens (tertiary/aromatic N) is 11. The first kappa shape index (κ1) is 71.5. The van der Waals surface area contributed by atoms with E-state index in [-0.39, 0.29) is 84.5 Å². The summed E-state index contributed by atoms with van der Waals surface area (Å²) in [4.78, 5) is 73.2. The molecule has 100 heavy (non-hydrogen) atoms. The van der Waals surface area contributed by atoms with Crippen LogP contribution < -0.4 is 41.2 Å². The van der Waals surface area contributed by atoms with Crippen LogP contribution in [0.25, 0.3) is 21.8 Å². The first-order chi connectivity index (χ1) is 48.6. The number of hydrogen-bond acceptors (Lipinski definition) is 18. The number of fused-ring (bicyclic) bond motifs is 2. The van der Waals surface area contributed by atoms with Gasteiger partial charge in [-0.3, -0.25) is 44.1 Å². The Bertz CT molecular complexity index is 4190. The monoisotopic (exact) mass is 1370 g/mol. The van der Waals surface area contributed by atoms with Crippen LogP contribution in [-0.4, -0.2) is 175 Å². The number of nitrogens with one attached hydrogen (secondary N) is 1. The van der Waals surface area contributed by atoms with Crippen LogP contribution in [0.2, 0.25) is 0 Å². The number of piperidine rings is 2. The number of likely N-dealkylation sites (N-methyl/N-ethyl adjacent to an activating group) is 2. The van der Waals surface area contributed by atoms with Gasteiger partial charge in [0.05, 0.1) is 87.4 Å². The van der Waals surface area contributed by atoms with Crippen molar-refractivity contribution in [3.63, 3.8) is 0 Å². The van der Waals surface area contributed by atoms with Gasteiger partial charge in [0.2, 0.25) is 5.91 Å². The first-order valence-corrected chi connectivity index (χ1v) is 35.7. The van der Waals surface area contributed by atoms with Crippen molar-refractivity contribution in [1.82, 2.24) is 49.1 Å². The van der Waals surface area contributed by atoms with Crippen LogP contribution in [0, 0.1) is 38.3 Å². The van der Waals surface area contributed by atoms with E-state index >= 15 is 13.6 Å². The maximum Gasteiger partial charge on any atom is 0.224 e. The van der Waals surface area contributed by atoms with Gasteiger partial charge < -0.3 is 58.6 Å². The highest BCUT2D eigenvalue weighted by Crippen LogP contribution is 2.41. The van der Waals surface area contributed by atoms with E-state index in [0.29, 0.717) is 125 Å². The van der Waals surface area contributed by atoms with Crippen LogP contribution in [0.4, 0.5) is 20.2 Å². The fourth-order valence-electron chi connectivity index (χ4n) is 14.1. The summed E-state index contributed by atoms with van der Waals surface area (Å²) in [6, 6.07) is 23.2. The molecule has 2 aromatic carbocycles. The molecule has 2 saturated heterocycles. The first-order valence-electron chi connectivity index (χ1n) is 35.7. The molecule has 6 aromatic heterocycles. The van der Waals surface area contributed by atoms with Gasteiger partial charge in [0.15, 0.2) is 34.0 Å². The number of carbonyl (C=O) groups excluding carboxylic acids is 1. The fourth-order valence-corrected chi connectivity index (χ4v) is 14.1. The standard InChI is InChI=1S/C77H97F2N13O8/c1-52-8-10-63(41-84-52)87-23-6-7-65(50-87)88(46-58-48-91(61-12-13-61)72-40-74(70(79)38-68(72)76(58)94)100-28-24-86(5)75(93)18-25-96-29-31-98-32-30-97-26-19-80)44-56-17-21-83-60(34-56)35-57-36-66(51-90(45-57)64-11-9-53(2)85-42-64)89(43-55-16-20-82-54(3)33-55)47-59-49-92(62-14-15-62)71-39-73(99-27-22-81-4)69(78)37-67(71)77(59)95/h8-11,16-17,20-21,33-34,37-42,48-49,57,61-62,65-66,81H,6-7,12-15,18-19,22-32,35-36,43-47,50-51,80H2,1-5H3/t57?,65-,66-/m0/s1. The fraction of sp³-hybridized carbons (Fsp3) is 0.494. The maximum absolute atomic E-state index is 16.4. The Morgan fingerprint density at radius 1 is 0.610 bits per heavy atom. The van der Waals surface area contributed by atoms with E-state index in [1.807, 2.05) is 77.1 Å². The van der Waals surface area contributed by atoms with E-state index in [0.717, 1.165) is 110 Å². The molecule has 8 aromatic rings. The molecule has 21 nitrogen and oxygen atoms in total. The van der Waals surface area contributed by atoms with Crippen molar-refractivity contribution < 1.29 is 37.3 Å². The largest absolute Gasteiger partial charge is 0.489 e. The minimum absolute atomic E-state index is 0.0242. The number of hydrogen-bond donors (Lipinski definition) is 2. The number of amides is 1. The van der Waals surface area contributed by atoms with Crippen molar-refractivity contribution in [2.45, 2.75) is 129 Å². The summed E-state index contributed by atoms with van der Waals surface area (Å²) >= 11 is 0. The van der Waals surface area contributed by atoms with Crippen molar-refractivity contribution >= 4 is 39.1 Å².